The van der Waals surface area contributed by atoms with Crippen LogP contribution in [0.5, 0.6) is 0 Å². The number of pyridine rings is 1. The van der Waals surface area contributed by atoms with E-state index in [2.05, 4.69) is 48.5 Å². The molecule has 1 heterocycles. The maximum absolute atomic E-state index is 11.5. The fourth-order valence-corrected chi connectivity index (χ4v) is 3.07. The third kappa shape index (κ3) is 5.36. The number of amides is 1. The number of carbonyl (C=O) groups is 1. The Hall–Kier alpha value is -2.76. The van der Waals surface area contributed by atoms with Gasteiger partial charge in [0, 0.05) is 6.54 Å². The SMILES string of the molecule is CCOC(=O)Nc1ccc(NCc2c(CC)cc(CC)cc2CC)nc1N. The monoisotopic (exact) mass is 370 g/mol. The first-order valence-electron chi connectivity index (χ1n) is 9.59. The summed E-state index contributed by atoms with van der Waals surface area (Å²) >= 11 is 0. The molecule has 0 radical (unpaired) electrons. The van der Waals surface area contributed by atoms with E-state index in [0.29, 0.717) is 24.7 Å². The number of carbonyl (C=O) groups excluding carboxylic acids is 1. The number of aromatic nitrogens is 1. The zero-order valence-corrected chi connectivity index (χ0v) is 16.7. The van der Waals surface area contributed by atoms with Crippen molar-refractivity contribution >= 4 is 23.4 Å². The van der Waals surface area contributed by atoms with Gasteiger partial charge in [-0.05, 0) is 60.6 Å². The topological polar surface area (TPSA) is 89.3 Å². The number of aryl methyl sites for hydroxylation is 3. The number of benzene rings is 1. The number of nitrogens with two attached hydrogens (primary N) is 1. The summed E-state index contributed by atoms with van der Waals surface area (Å²) in [4.78, 5) is 15.9. The quantitative estimate of drug-likeness (QED) is 0.635. The van der Waals surface area contributed by atoms with Crippen LogP contribution < -0.4 is 16.4 Å². The summed E-state index contributed by atoms with van der Waals surface area (Å²) in [7, 11) is 0. The Morgan fingerprint density at radius 3 is 2.26 bits per heavy atom. The molecule has 6 nitrogen and oxygen atoms in total. The van der Waals surface area contributed by atoms with Gasteiger partial charge in [0.2, 0.25) is 0 Å². The van der Waals surface area contributed by atoms with E-state index in [1.165, 1.54) is 22.3 Å². The van der Waals surface area contributed by atoms with Crippen molar-refractivity contribution in [3.8, 4) is 0 Å². The summed E-state index contributed by atoms with van der Waals surface area (Å²) in [6.45, 7) is 9.29. The van der Waals surface area contributed by atoms with Gasteiger partial charge in [-0.1, -0.05) is 32.9 Å². The van der Waals surface area contributed by atoms with Crippen LogP contribution in [0.1, 0.15) is 49.9 Å². The van der Waals surface area contributed by atoms with Gasteiger partial charge in [0.15, 0.2) is 0 Å². The van der Waals surface area contributed by atoms with Crippen molar-refractivity contribution in [1.82, 2.24) is 4.98 Å². The average Bonchev–Trinajstić information content (AvgIpc) is 2.67. The lowest BCUT2D eigenvalue weighted by molar-refractivity contribution is 0.168. The van der Waals surface area contributed by atoms with Crippen LogP contribution in [-0.2, 0) is 30.5 Å². The Kier molecular flexibility index (Phi) is 7.46. The number of nitrogen functional groups attached to an aromatic ring is 1. The van der Waals surface area contributed by atoms with Crippen LogP contribution in [0.25, 0.3) is 0 Å². The molecule has 4 N–H and O–H groups in total. The molecular weight excluding hydrogens is 340 g/mol. The standard InChI is InChI=1S/C21H30N4O2/c1-5-14-11-15(6-2)17(16(7-3)12-14)13-23-19-10-9-18(20(22)25-19)24-21(26)27-8-4/h9-12H,5-8,13H2,1-4H3,(H,24,26)(H3,22,23,25). The van der Waals surface area contributed by atoms with Gasteiger partial charge in [0.1, 0.15) is 11.6 Å². The molecule has 1 aromatic heterocycles. The third-order valence-electron chi connectivity index (χ3n) is 4.55. The van der Waals surface area contributed by atoms with Gasteiger partial charge in [0.05, 0.1) is 12.3 Å². The Morgan fingerprint density at radius 2 is 1.74 bits per heavy atom. The molecule has 2 aromatic rings. The summed E-state index contributed by atoms with van der Waals surface area (Å²) in [6.07, 6.45) is 2.50. The van der Waals surface area contributed by atoms with Gasteiger partial charge in [-0.15, -0.1) is 0 Å². The first-order chi connectivity index (χ1) is 13.0. The number of ether oxygens (including phenoxy) is 1. The zero-order chi connectivity index (χ0) is 19.8. The highest BCUT2D eigenvalue weighted by molar-refractivity contribution is 5.88. The molecule has 0 fully saturated rings. The van der Waals surface area contributed by atoms with Crippen LogP contribution in [0.3, 0.4) is 0 Å². The number of nitrogens with zero attached hydrogens (tertiary/aromatic N) is 1. The molecule has 1 aromatic carbocycles. The van der Waals surface area contributed by atoms with Gasteiger partial charge < -0.3 is 15.8 Å². The second-order valence-corrected chi connectivity index (χ2v) is 6.28. The minimum atomic E-state index is -0.539. The highest BCUT2D eigenvalue weighted by Gasteiger charge is 2.11. The molecule has 0 aliphatic heterocycles. The lowest BCUT2D eigenvalue weighted by atomic mass is 9.93. The van der Waals surface area contributed by atoms with Crippen molar-refractivity contribution in [3.05, 3.63) is 46.5 Å². The van der Waals surface area contributed by atoms with Crippen molar-refractivity contribution < 1.29 is 9.53 Å². The van der Waals surface area contributed by atoms with Crippen molar-refractivity contribution in [3.63, 3.8) is 0 Å². The highest BCUT2D eigenvalue weighted by atomic mass is 16.5. The van der Waals surface area contributed by atoms with Gasteiger partial charge in [-0.2, -0.15) is 0 Å². The summed E-state index contributed by atoms with van der Waals surface area (Å²) in [5, 5.41) is 5.94. The molecule has 0 saturated carbocycles. The number of hydrogen-bond acceptors (Lipinski definition) is 5. The second-order valence-electron chi connectivity index (χ2n) is 6.28. The largest absolute Gasteiger partial charge is 0.450 e. The summed E-state index contributed by atoms with van der Waals surface area (Å²) < 4.78 is 4.86. The minimum absolute atomic E-state index is 0.251. The molecule has 146 valence electrons. The highest BCUT2D eigenvalue weighted by Crippen LogP contribution is 2.23. The molecular formula is C21H30N4O2. The van der Waals surface area contributed by atoms with E-state index in [0.717, 1.165) is 19.3 Å². The molecule has 0 bridgehead atoms. The van der Waals surface area contributed by atoms with Gasteiger partial charge in [-0.3, -0.25) is 5.32 Å². The van der Waals surface area contributed by atoms with Crippen molar-refractivity contribution in [2.75, 3.05) is 23.0 Å². The maximum Gasteiger partial charge on any atom is 0.411 e. The first-order valence-corrected chi connectivity index (χ1v) is 9.59. The van der Waals surface area contributed by atoms with E-state index in [-0.39, 0.29) is 5.82 Å². The van der Waals surface area contributed by atoms with E-state index in [9.17, 15) is 4.79 Å². The van der Waals surface area contributed by atoms with Crippen molar-refractivity contribution in [2.45, 2.75) is 53.5 Å². The van der Waals surface area contributed by atoms with Crippen molar-refractivity contribution in [1.29, 1.82) is 0 Å². The molecule has 0 aliphatic rings. The molecule has 27 heavy (non-hydrogen) atoms. The molecule has 0 spiro atoms. The number of rotatable bonds is 8. The van der Waals surface area contributed by atoms with Crippen LogP contribution in [-0.4, -0.2) is 17.7 Å². The molecule has 0 saturated heterocycles. The van der Waals surface area contributed by atoms with Crippen LogP contribution in [0.2, 0.25) is 0 Å². The predicted octanol–water partition coefficient (Wildman–Crippen LogP) is 4.53. The van der Waals surface area contributed by atoms with Crippen molar-refractivity contribution in [2.24, 2.45) is 0 Å². The molecule has 2 rings (SSSR count). The average molecular weight is 370 g/mol. The Balaban J connectivity index is 2.15. The lowest BCUT2D eigenvalue weighted by Gasteiger charge is -2.17. The van der Waals surface area contributed by atoms with E-state index in [4.69, 9.17) is 10.5 Å². The second kappa shape index (κ2) is 9.80. The zero-order valence-electron chi connectivity index (χ0n) is 16.7. The predicted molar refractivity (Wildman–Crippen MR) is 111 cm³/mol. The lowest BCUT2D eigenvalue weighted by Crippen LogP contribution is -2.15. The van der Waals surface area contributed by atoms with Crippen LogP contribution in [0.4, 0.5) is 22.1 Å². The number of nitrogens with one attached hydrogen (secondary N) is 2. The Bertz CT molecular complexity index is 765. The molecule has 6 heteroatoms. The van der Waals surface area contributed by atoms with E-state index >= 15 is 0 Å². The Morgan fingerprint density at radius 1 is 1.07 bits per heavy atom. The minimum Gasteiger partial charge on any atom is -0.450 e. The fraction of sp³-hybridized carbons (Fsp3) is 0.429. The Labute approximate surface area is 161 Å². The third-order valence-corrected chi connectivity index (χ3v) is 4.55. The van der Waals surface area contributed by atoms with E-state index < -0.39 is 6.09 Å². The summed E-state index contributed by atoms with van der Waals surface area (Å²) in [5.74, 6) is 0.923. The fourth-order valence-electron chi connectivity index (χ4n) is 3.07. The van der Waals surface area contributed by atoms with Gasteiger partial charge in [-0.25, -0.2) is 9.78 Å². The maximum atomic E-state index is 11.5. The first kappa shape index (κ1) is 20.6. The molecule has 0 atom stereocenters. The van der Waals surface area contributed by atoms with E-state index in [1.807, 2.05) is 0 Å². The molecule has 1 amide bonds. The summed E-state index contributed by atoms with van der Waals surface area (Å²) in [6, 6.07) is 8.12. The summed E-state index contributed by atoms with van der Waals surface area (Å²) in [5.41, 5.74) is 11.8. The molecule has 0 aliphatic carbocycles. The van der Waals surface area contributed by atoms with Crippen LogP contribution >= 0.6 is 0 Å². The van der Waals surface area contributed by atoms with Gasteiger partial charge >= 0.3 is 6.09 Å². The normalized spacial score (nSPS) is 10.5. The van der Waals surface area contributed by atoms with Crippen LogP contribution in [0.15, 0.2) is 24.3 Å². The number of anilines is 3. The number of hydrogen-bond donors (Lipinski definition) is 3. The smallest absolute Gasteiger partial charge is 0.411 e. The van der Waals surface area contributed by atoms with Gasteiger partial charge in [0.25, 0.3) is 0 Å². The van der Waals surface area contributed by atoms with E-state index in [1.54, 1.807) is 19.1 Å². The molecule has 0 unspecified atom stereocenters. The van der Waals surface area contributed by atoms with Crippen LogP contribution in [0, 0.1) is 0 Å².